The van der Waals surface area contributed by atoms with Crippen LogP contribution in [-0.4, -0.2) is 22.6 Å². The first-order valence-electron chi connectivity index (χ1n) is 16.6. The zero-order chi connectivity index (χ0) is 32.1. The monoisotopic (exact) mass is 648 g/mol. The Morgan fingerprint density at radius 2 is 1.00 bits per heavy atom. The molecule has 0 radical (unpaired) electrons. The van der Waals surface area contributed by atoms with Crippen LogP contribution < -0.4 is 0 Å². The molecule has 3 aromatic carbocycles. The van der Waals surface area contributed by atoms with E-state index in [1.54, 1.807) is 24.6 Å². The number of aryl methyl sites for hydroxylation is 2. The fraction of sp³-hybridized carbons (Fsp3) is 0.300. The maximum absolute atomic E-state index is 10.6. The van der Waals surface area contributed by atoms with Crippen LogP contribution in [0.2, 0.25) is 0 Å². The van der Waals surface area contributed by atoms with E-state index in [4.69, 9.17) is 9.98 Å². The van der Waals surface area contributed by atoms with Crippen molar-refractivity contribution in [2.75, 3.05) is 0 Å². The highest BCUT2D eigenvalue weighted by Gasteiger charge is 2.09. The van der Waals surface area contributed by atoms with Crippen molar-refractivity contribution in [3.05, 3.63) is 106 Å². The normalized spacial score (nSPS) is 11.7. The molecule has 2 heterocycles. The van der Waals surface area contributed by atoms with Gasteiger partial charge in [0.15, 0.2) is 0 Å². The summed E-state index contributed by atoms with van der Waals surface area (Å²) in [5, 5.41) is 21.2. The van der Waals surface area contributed by atoms with Gasteiger partial charge in [0.1, 0.15) is 11.5 Å². The highest BCUT2D eigenvalue weighted by molar-refractivity contribution is 7.15. The molecule has 6 heteroatoms. The molecule has 0 aliphatic carbocycles. The number of unbranched alkanes of at least 4 members (excludes halogenated alkanes) is 6. The number of para-hydroxylation sites is 2. The Labute approximate surface area is 281 Å². The second kappa shape index (κ2) is 17.1. The van der Waals surface area contributed by atoms with Crippen molar-refractivity contribution in [2.45, 2.75) is 78.1 Å². The van der Waals surface area contributed by atoms with Gasteiger partial charge < -0.3 is 10.2 Å². The quantitative estimate of drug-likeness (QED) is 0.0826. The predicted octanol–water partition coefficient (Wildman–Crippen LogP) is 12.3. The van der Waals surface area contributed by atoms with Crippen LogP contribution in [-0.2, 0) is 12.8 Å². The number of hydrogen-bond donors (Lipinski definition) is 2. The minimum Gasteiger partial charge on any atom is -0.507 e. The van der Waals surface area contributed by atoms with E-state index in [9.17, 15) is 10.2 Å². The first-order valence-corrected chi connectivity index (χ1v) is 18.2. The lowest BCUT2D eigenvalue weighted by Gasteiger charge is -2.05. The van der Waals surface area contributed by atoms with Gasteiger partial charge in [0, 0.05) is 43.1 Å². The van der Waals surface area contributed by atoms with Crippen LogP contribution in [0.5, 0.6) is 11.5 Å². The molecule has 0 bridgehead atoms. The van der Waals surface area contributed by atoms with E-state index in [0.29, 0.717) is 22.5 Å². The number of thiophene rings is 2. The molecule has 0 saturated carbocycles. The van der Waals surface area contributed by atoms with Crippen LogP contribution in [0.3, 0.4) is 0 Å². The summed E-state index contributed by atoms with van der Waals surface area (Å²) in [7, 11) is 0. The summed E-state index contributed by atoms with van der Waals surface area (Å²) in [6, 6.07) is 27.8. The van der Waals surface area contributed by atoms with E-state index < -0.39 is 0 Å². The molecule has 2 N–H and O–H groups in total. The average molecular weight is 649 g/mol. The lowest BCUT2D eigenvalue weighted by atomic mass is 10.1. The number of aliphatic imine (C=N–C) groups is 2. The van der Waals surface area contributed by atoms with Crippen molar-refractivity contribution in [3.63, 3.8) is 0 Å². The van der Waals surface area contributed by atoms with Crippen LogP contribution in [0.1, 0.15) is 86.1 Å². The first-order chi connectivity index (χ1) is 22.5. The third kappa shape index (κ3) is 9.27. The molecule has 0 unspecified atom stereocenters. The summed E-state index contributed by atoms with van der Waals surface area (Å²) in [5.41, 5.74) is 4.80. The number of aromatic hydroxyl groups is 2. The fourth-order valence-corrected chi connectivity index (χ4v) is 7.46. The van der Waals surface area contributed by atoms with Gasteiger partial charge in [-0.1, -0.05) is 64.5 Å². The van der Waals surface area contributed by atoms with Crippen molar-refractivity contribution in [3.8, 4) is 32.4 Å². The molecular formula is C40H44N2O2S2. The molecule has 46 heavy (non-hydrogen) atoms. The van der Waals surface area contributed by atoms with Crippen LogP contribution >= 0.6 is 22.7 Å². The molecular weight excluding hydrogens is 605 g/mol. The molecule has 2 aromatic heterocycles. The number of phenolic OH excluding ortho intramolecular Hbond substituents is 2. The van der Waals surface area contributed by atoms with Gasteiger partial charge >= 0.3 is 0 Å². The maximum Gasteiger partial charge on any atom is 0.124 e. The van der Waals surface area contributed by atoms with Crippen LogP contribution in [0.15, 0.2) is 94.9 Å². The van der Waals surface area contributed by atoms with E-state index >= 15 is 0 Å². The molecule has 0 saturated heterocycles. The van der Waals surface area contributed by atoms with Gasteiger partial charge in [0.05, 0.1) is 11.4 Å². The topological polar surface area (TPSA) is 65.2 Å². The van der Waals surface area contributed by atoms with E-state index in [-0.39, 0.29) is 11.5 Å². The van der Waals surface area contributed by atoms with Gasteiger partial charge in [-0.15, -0.1) is 22.7 Å². The minimum absolute atomic E-state index is 0.184. The van der Waals surface area contributed by atoms with Crippen LogP contribution in [0.25, 0.3) is 20.9 Å². The van der Waals surface area contributed by atoms with E-state index in [1.807, 2.05) is 71.2 Å². The lowest BCUT2D eigenvalue weighted by molar-refractivity contribution is 0.474. The van der Waals surface area contributed by atoms with Gasteiger partial charge in [-0.25, -0.2) is 0 Å². The Bertz CT molecular complexity index is 1640. The highest BCUT2D eigenvalue weighted by atomic mass is 32.1. The molecule has 0 atom stereocenters. The zero-order valence-corrected chi connectivity index (χ0v) is 28.5. The Balaban J connectivity index is 1.30. The molecule has 0 aliphatic heterocycles. The molecule has 0 amide bonds. The van der Waals surface area contributed by atoms with Gasteiger partial charge in [0.2, 0.25) is 0 Å². The van der Waals surface area contributed by atoms with Gasteiger partial charge in [-0.2, -0.15) is 0 Å². The average Bonchev–Trinajstić information content (AvgIpc) is 3.75. The van der Waals surface area contributed by atoms with Crippen molar-refractivity contribution in [2.24, 2.45) is 9.98 Å². The Hall–Kier alpha value is -4.00. The molecule has 0 aliphatic rings. The van der Waals surface area contributed by atoms with Gasteiger partial charge in [-0.3, -0.25) is 9.98 Å². The Kier molecular flexibility index (Phi) is 12.4. The van der Waals surface area contributed by atoms with Crippen LogP contribution in [0.4, 0.5) is 11.4 Å². The van der Waals surface area contributed by atoms with Crippen LogP contribution in [0, 0.1) is 0 Å². The fourth-order valence-electron chi connectivity index (χ4n) is 5.37. The number of rotatable bonds is 16. The molecule has 0 fully saturated rings. The Morgan fingerprint density at radius 1 is 0.543 bits per heavy atom. The molecule has 4 nitrogen and oxygen atoms in total. The standard InChI is InChI=1S/C40H44N2O2S2/c1-3-5-7-9-13-33-19-23-39(45-33)29-17-21-37(43)31(25-29)27-41-35-15-11-12-16-36(35)42-28-32-26-30(18-22-38(32)44)40-24-20-34(46-40)14-10-8-6-4-2/h11-12,15-28,43-44H,3-10,13-14H2,1-2H3. The van der Waals surface area contributed by atoms with Gasteiger partial charge in [0.25, 0.3) is 0 Å². The zero-order valence-electron chi connectivity index (χ0n) is 26.9. The molecule has 0 spiro atoms. The van der Waals surface area contributed by atoms with E-state index in [0.717, 1.165) is 24.0 Å². The lowest BCUT2D eigenvalue weighted by Crippen LogP contribution is -1.85. The van der Waals surface area contributed by atoms with E-state index in [1.165, 1.54) is 70.9 Å². The minimum atomic E-state index is 0.184. The second-order valence-electron chi connectivity index (χ2n) is 11.7. The summed E-state index contributed by atoms with van der Waals surface area (Å²) in [6.45, 7) is 4.48. The number of nitrogens with zero attached hydrogens (tertiary/aromatic N) is 2. The predicted molar refractivity (Wildman–Crippen MR) is 199 cm³/mol. The highest BCUT2D eigenvalue weighted by Crippen LogP contribution is 2.34. The molecule has 5 aromatic rings. The number of hydrogen-bond acceptors (Lipinski definition) is 6. The van der Waals surface area contributed by atoms with Gasteiger partial charge in [-0.05, 0) is 110 Å². The third-order valence-corrected chi connectivity index (χ3v) is 10.5. The smallest absolute Gasteiger partial charge is 0.124 e. The summed E-state index contributed by atoms with van der Waals surface area (Å²) in [6.07, 6.45) is 15.7. The van der Waals surface area contributed by atoms with Crippen molar-refractivity contribution in [1.29, 1.82) is 0 Å². The summed E-state index contributed by atoms with van der Waals surface area (Å²) < 4.78 is 0. The summed E-state index contributed by atoms with van der Waals surface area (Å²) in [4.78, 5) is 14.6. The number of phenols is 2. The second-order valence-corrected chi connectivity index (χ2v) is 14.0. The van der Waals surface area contributed by atoms with Crippen molar-refractivity contribution < 1.29 is 10.2 Å². The maximum atomic E-state index is 10.6. The SMILES string of the molecule is CCCCCCc1ccc(-c2ccc(O)c(C=Nc3ccccc3N=Cc3cc(-c4ccc(CCCCCC)s4)ccc3O)c2)s1. The molecule has 5 rings (SSSR count). The largest absolute Gasteiger partial charge is 0.507 e. The first kappa shape index (κ1) is 33.4. The Morgan fingerprint density at radius 3 is 1.43 bits per heavy atom. The number of benzene rings is 3. The van der Waals surface area contributed by atoms with Crippen molar-refractivity contribution in [1.82, 2.24) is 0 Å². The van der Waals surface area contributed by atoms with Crippen molar-refractivity contribution >= 4 is 46.5 Å². The van der Waals surface area contributed by atoms with E-state index in [2.05, 4.69) is 38.1 Å². The molecule has 238 valence electrons. The third-order valence-electron chi connectivity index (χ3n) is 8.07. The summed E-state index contributed by atoms with van der Waals surface area (Å²) >= 11 is 3.64. The summed E-state index contributed by atoms with van der Waals surface area (Å²) in [5.74, 6) is 0.369.